The maximum absolute atomic E-state index is 5.54. The molecule has 0 N–H and O–H groups in total. The van der Waals surface area contributed by atoms with Crippen LogP contribution in [0, 0.1) is 5.92 Å². The largest absolute Gasteiger partial charge is 0.526 e. The Bertz CT molecular complexity index is 244. The van der Waals surface area contributed by atoms with Crippen LogP contribution < -0.4 is 0 Å². The van der Waals surface area contributed by atoms with Gasteiger partial charge in [-0.1, -0.05) is 27.2 Å². The van der Waals surface area contributed by atoms with E-state index in [-0.39, 0.29) is 5.67 Å². The van der Waals surface area contributed by atoms with Gasteiger partial charge in [-0.05, 0) is 25.7 Å². The van der Waals surface area contributed by atoms with Crippen molar-refractivity contribution in [3.8, 4) is 0 Å². The van der Waals surface area contributed by atoms with Crippen LogP contribution in [0.1, 0.15) is 47.0 Å². The van der Waals surface area contributed by atoms with E-state index in [9.17, 15) is 0 Å². The Labute approximate surface area is 113 Å². The summed E-state index contributed by atoms with van der Waals surface area (Å²) in [6.45, 7) is 8.60. The van der Waals surface area contributed by atoms with E-state index in [1.54, 1.807) is 21.3 Å². The molecule has 0 fully saturated rings. The van der Waals surface area contributed by atoms with Gasteiger partial charge in [0.05, 0.1) is 0 Å². The van der Waals surface area contributed by atoms with Crippen LogP contribution in [0.15, 0.2) is 4.99 Å². The minimum atomic E-state index is -2.67. The monoisotopic (exact) mass is 275 g/mol. The predicted molar refractivity (Wildman–Crippen MR) is 78.0 cm³/mol. The van der Waals surface area contributed by atoms with Crippen molar-refractivity contribution < 1.29 is 13.3 Å². The summed E-state index contributed by atoms with van der Waals surface area (Å²) in [6, 6.07) is 0. The number of aliphatic imine (C=N–C) groups is 1. The van der Waals surface area contributed by atoms with Crippen LogP contribution in [0.4, 0.5) is 0 Å². The molecule has 0 aliphatic heterocycles. The van der Waals surface area contributed by atoms with Crippen LogP contribution in [0.2, 0.25) is 0 Å². The second kappa shape index (κ2) is 8.80. The molecule has 0 saturated carbocycles. The van der Waals surface area contributed by atoms with Crippen molar-refractivity contribution in [3.05, 3.63) is 0 Å². The van der Waals surface area contributed by atoms with Gasteiger partial charge in [0.25, 0.3) is 0 Å². The maximum atomic E-state index is 5.54. The van der Waals surface area contributed by atoms with Crippen LogP contribution in [-0.4, -0.2) is 41.5 Å². The average molecular weight is 275 g/mol. The highest BCUT2D eigenvalue weighted by Gasteiger charge is 2.47. The third-order valence-corrected chi connectivity index (χ3v) is 5.84. The van der Waals surface area contributed by atoms with Gasteiger partial charge in [0, 0.05) is 27.0 Å². The molecule has 0 aromatic heterocycles. The first-order valence-corrected chi connectivity index (χ1v) is 8.44. The van der Waals surface area contributed by atoms with Crippen LogP contribution >= 0.6 is 0 Å². The second-order valence-electron chi connectivity index (χ2n) is 4.98. The second-order valence-corrected chi connectivity index (χ2v) is 8.08. The SMILES string of the molecule is CCCC(/N=C(/C)CC(C)C)[Si](OC)(OC)OC. The third kappa shape index (κ3) is 5.18. The lowest BCUT2D eigenvalue weighted by molar-refractivity contribution is 0.111. The summed E-state index contributed by atoms with van der Waals surface area (Å²) < 4.78 is 16.6. The minimum absolute atomic E-state index is 0.00116. The summed E-state index contributed by atoms with van der Waals surface area (Å²) >= 11 is 0. The van der Waals surface area contributed by atoms with Gasteiger partial charge in [-0.25, -0.2) is 0 Å². The summed E-state index contributed by atoms with van der Waals surface area (Å²) in [5.74, 6) is 0.611. The Balaban J connectivity index is 5.03. The molecular formula is C13H29NO3Si. The molecule has 0 amide bonds. The third-order valence-electron chi connectivity index (χ3n) is 2.90. The molecule has 0 aromatic carbocycles. The molecule has 0 aliphatic rings. The Morgan fingerprint density at radius 2 is 1.61 bits per heavy atom. The molecule has 5 heteroatoms. The maximum Gasteiger partial charge on any atom is 0.526 e. The van der Waals surface area contributed by atoms with Crippen molar-refractivity contribution in [2.75, 3.05) is 21.3 Å². The van der Waals surface area contributed by atoms with Crippen LogP contribution in [0.3, 0.4) is 0 Å². The average Bonchev–Trinajstić information content (AvgIpc) is 2.31. The van der Waals surface area contributed by atoms with Gasteiger partial charge in [-0.3, -0.25) is 4.99 Å². The Morgan fingerprint density at radius 3 is 1.94 bits per heavy atom. The number of nitrogens with zero attached hydrogens (tertiary/aromatic N) is 1. The number of hydrogen-bond acceptors (Lipinski definition) is 4. The van der Waals surface area contributed by atoms with E-state index in [0.717, 1.165) is 25.0 Å². The molecular weight excluding hydrogens is 246 g/mol. The summed E-state index contributed by atoms with van der Waals surface area (Å²) in [5.41, 5.74) is 1.15. The smallest absolute Gasteiger partial charge is 0.376 e. The van der Waals surface area contributed by atoms with E-state index in [1.807, 2.05) is 0 Å². The molecule has 0 rings (SSSR count). The van der Waals surface area contributed by atoms with Crippen LogP contribution in [-0.2, 0) is 13.3 Å². The van der Waals surface area contributed by atoms with E-state index in [2.05, 4.69) is 27.7 Å². The predicted octanol–water partition coefficient (Wildman–Crippen LogP) is 3.08. The fourth-order valence-electron chi connectivity index (χ4n) is 2.16. The zero-order valence-corrected chi connectivity index (χ0v) is 13.9. The highest BCUT2D eigenvalue weighted by atomic mass is 28.4. The molecule has 4 nitrogen and oxygen atoms in total. The lowest BCUT2D eigenvalue weighted by atomic mass is 10.1. The highest BCUT2D eigenvalue weighted by molar-refractivity contribution is 6.62. The zero-order chi connectivity index (χ0) is 14.2. The van der Waals surface area contributed by atoms with Gasteiger partial charge in [-0.2, -0.15) is 0 Å². The lowest BCUT2D eigenvalue weighted by Gasteiger charge is -2.30. The van der Waals surface area contributed by atoms with Crippen molar-refractivity contribution in [2.24, 2.45) is 10.9 Å². The summed E-state index contributed by atoms with van der Waals surface area (Å²) in [7, 11) is 2.27. The van der Waals surface area contributed by atoms with Gasteiger partial charge in [-0.15, -0.1) is 0 Å². The van der Waals surface area contributed by atoms with Crippen LogP contribution in [0.25, 0.3) is 0 Å². The van der Waals surface area contributed by atoms with E-state index >= 15 is 0 Å². The van der Waals surface area contributed by atoms with E-state index in [0.29, 0.717) is 5.92 Å². The van der Waals surface area contributed by atoms with E-state index < -0.39 is 8.80 Å². The Morgan fingerprint density at radius 1 is 1.11 bits per heavy atom. The minimum Gasteiger partial charge on any atom is -0.376 e. The van der Waals surface area contributed by atoms with Crippen molar-refractivity contribution in [1.29, 1.82) is 0 Å². The molecule has 0 spiro atoms. The van der Waals surface area contributed by atoms with E-state index in [1.165, 1.54) is 0 Å². The standard InChI is InChI=1S/C13H29NO3Si/c1-8-9-13(14-12(4)10-11(2)3)18(15-5,16-6)17-7/h11,13H,8-10H2,1-7H3/b14-12-. The summed E-state index contributed by atoms with van der Waals surface area (Å²) in [5, 5.41) is 0. The highest BCUT2D eigenvalue weighted by Crippen LogP contribution is 2.20. The van der Waals surface area contributed by atoms with Gasteiger partial charge in [0.1, 0.15) is 5.67 Å². The van der Waals surface area contributed by atoms with E-state index in [4.69, 9.17) is 18.3 Å². The molecule has 0 aromatic rings. The molecule has 108 valence electrons. The number of rotatable bonds is 9. The normalized spacial score (nSPS) is 15.2. The molecule has 18 heavy (non-hydrogen) atoms. The van der Waals surface area contributed by atoms with Crippen molar-refractivity contribution in [3.63, 3.8) is 0 Å². The first-order valence-electron chi connectivity index (χ1n) is 6.64. The van der Waals surface area contributed by atoms with Gasteiger partial charge < -0.3 is 13.3 Å². The lowest BCUT2D eigenvalue weighted by Crippen LogP contribution is -2.53. The first kappa shape index (κ1) is 17.8. The Kier molecular flexibility index (Phi) is 8.68. The van der Waals surface area contributed by atoms with Crippen molar-refractivity contribution >= 4 is 14.5 Å². The van der Waals surface area contributed by atoms with Gasteiger partial charge in [0.2, 0.25) is 0 Å². The van der Waals surface area contributed by atoms with Crippen molar-refractivity contribution in [1.82, 2.24) is 0 Å². The molecule has 0 saturated heterocycles. The van der Waals surface area contributed by atoms with Gasteiger partial charge in [0.15, 0.2) is 0 Å². The fourth-order valence-corrected chi connectivity index (χ4v) is 4.50. The number of hydrogen-bond donors (Lipinski definition) is 0. The quantitative estimate of drug-likeness (QED) is 0.479. The van der Waals surface area contributed by atoms with Crippen LogP contribution in [0.5, 0.6) is 0 Å². The van der Waals surface area contributed by atoms with Gasteiger partial charge >= 0.3 is 8.80 Å². The molecule has 0 bridgehead atoms. The zero-order valence-electron chi connectivity index (χ0n) is 12.9. The molecule has 1 atom stereocenters. The molecule has 0 aliphatic carbocycles. The first-order chi connectivity index (χ1) is 8.45. The fraction of sp³-hybridized carbons (Fsp3) is 0.923. The molecule has 1 unspecified atom stereocenters. The summed E-state index contributed by atoms with van der Waals surface area (Å²) in [4.78, 5) is 4.79. The van der Waals surface area contributed by atoms with Crippen molar-refractivity contribution in [2.45, 2.75) is 52.6 Å². The topological polar surface area (TPSA) is 40.0 Å². The molecule has 0 heterocycles. The summed E-state index contributed by atoms with van der Waals surface area (Å²) in [6.07, 6.45) is 2.97. The molecule has 0 radical (unpaired) electrons. The Hall–Kier alpha value is -0.233.